The molecule has 7 heteroatoms. The molecule has 0 bridgehead atoms. The lowest BCUT2D eigenvalue weighted by Gasteiger charge is -2.19. The van der Waals surface area contributed by atoms with Crippen LogP contribution in [0.15, 0.2) is 15.7 Å². The van der Waals surface area contributed by atoms with Gasteiger partial charge in [-0.3, -0.25) is 14.6 Å². The fourth-order valence-corrected chi connectivity index (χ4v) is 2.13. The Labute approximate surface area is 123 Å². The van der Waals surface area contributed by atoms with Crippen LogP contribution in [0.2, 0.25) is 0 Å². The van der Waals surface area contributed by atoms with Crippen LogP contribution in [0.25, 0.3) is 0 Å². The van der Waals surface area contributed by atoms with Gasteiger partial charge in [0.2, 0.25) is 0 Å². The zero-order valence-electron chi connectivity index (χ0n) is 12.9. The number of hydrogen-bond acceptors (Lipinski definition) is 4. The van der Waals surface area contributed by atoms with E-state index in [9.17, 15) is 14.4 Å². The molecule has 0 saturated carbocycles. The number of carbonyl (C=O) groups excluding carboxylic acids is 1. The zero-order valence-corrected chi connectivity index (χ0v) is 12.9. The molecule has 0 spiro atoms. The SMILES string of the molecule is CCN(CC)CCCC(C)NC(=O)c1cc(=O)[nH]c(=O)[nH]1. The highest BCUT2D eigenvalue weighted by Gasteiger charge is 2.11. The van der Waals surface area contributed by atoms with Crippen molar-refractivity contribution < 1.29 is 4.79 Å². The van der Waals surface area contributed by atoms with Gasteiger partial charge in [0.25, 0.3) is 11.5 Å². The van der Waals surface area contributed by atoms with E-state index in [-0.39, 0.29) is 11.7 Å². The van der Waals surface area contributed by atoms with E-state index in [0.29, 0.717) is 0 Å². The number of aromatic amines is 2. The van der Waals surface area contributed by atoms with Gasteiger partial charge in [-0.05, 0) is 39.4 Å². The maximum absolute atomic E-state index is 11.9. The largest absolute Gasteiger partial charge is 0.348 e. The summed E-state index contributed by atoms with van der Waals surface area (Å²) < 4.78 is 0. The van der Waals surface area contributed by atoms with Crippen LogP contribution >= 0.6 is 0 Å². The molecule has 118 valence electrons. The molecule has 1 aromatic heterocycles. The van der Waals surface area contributed by atoms with Gasteiger partial charge < -0.3 is 15.2 Å². The van der Waals surface area contributed by atoms with Gasteiger partial charge >= 0.3 is 5.69 Å². The number of H-pyrrole nitrogens is 2. The minimum Gasteiger partial charge on any atom is -0.348 e. The third kappa shape index (κ3) is 5.95. The second-order valence-electron chi connectivity index (χ2n) is 5.05. The van der Waals surface area contributed by atoms with Crippen molar-refractivity contribution in [2.45, 2.75) is 39.7 Å². The van der Waals surface area contributed by atoms with Gasteiger partial charge in [-0.1, -0.05) is 13.8 Å². The van der Waals surface area contributed by atoms with Crippen LogP contribution in [0.5, 0.6) is 0 Å². The Morgan fingerprint density at radius 2 is 1.95 bits per heavy atom. The summed E-state index contributed by atoms with van der Waals surface area (Å²) in [5, 5.41) is 2.78. The number of hydrogen-bond donors (Lipinski definition) is 3. The Bertz CT molecular complexity index is 532. The Balaban J connectivity index is 2.47. The standard InChI is InChI=1S/C14H24N4O3/c1-4-18(5-2)8-6-7-10(3)15-13(20)11-9-12(19)17-14(21)16-11/h9-10H,4-8H2,1-3H3,(H,15,20)(H2,16,17,19,21). The molecular weight excluding hydrogens is 272 g/mol. The van der Waals surface area contributed by atoms with Crippen molar-refractivity contribution in [3.63, 3.8) is 0 Å². The van der Waals surface area contributed by atoms with Gasteiger partial charge in [0.1, 0.15) is 5.69 Å². The molecule has 0 saturated heterocycles. The van der Waals surface area contributed by atoms with E-state index in [1.807, 2.05) is 11.9 Å². The van der Waals surface area contributed by atoms with E-state index in [0.717, 1.165) is 38.5 Å². The number of amides is 1. The number of nitrogens with zero attached hydrogens (tertiary/aromatic N) is 1. The summed E-state index contributed by atoms with van der Waals surface area (Å²) in [6, 6.07) is 1.06. The highest BCUT2D eigenvalue weighted by Crippen LogP contribution is 2.00. The van der Waals surface area contributed by atoms with E-state index >= 15 is 0 Å². The Morgan fingerprint density at radius 1 is 1.29 bits per heavy atom. The van der Waals surface area contributed by atoms with Crippen molar-refractivity contribution in [1.82, 2.24) is 20.2 Å². The van der Waals surface area contributed by atoms with Crippen molar-refractivity contribution in [3.05, 3.63) is 32.6 Å². The Kier molecular flexibility index (Phi) is 6.87. The molecule has 0 aliphatic heterocycles. The summed E-state index contributed by atoms with van der Waals surface area (Å²) in [7, 11) is 0. The molecule has 7 nitrogen and oxygen atoms in total. The second kappa shape index (κ2) is 8.41. The quantitative estimate of drug-likeness (QED) is 0.643. The third-order valence-corrected chi connectivity index (χ3v) is 3.39. The molecule has 0 aromatic carbocycles. The molecule has 1 rings (SSSR count). The van der Waals surface area contributed by atoms with Crippen LogP contribution in [-0.2, 0) is 0 Å². The molecular formula is C14H24N4O3. The Hall–Kier alpha value is -1.89. The van der Waals surface area contributed by atoms with Crippen LogP contribution in [0.1, 0.15) is 44.1 Å². The van der Waals surface area contributed by atoms with Crippen molar-refractivity contribution in [3.8, 4) is 0 Å². The molecule has 1 aromatic rings. The first kappa shape index (κ1) is 17.2. The van der Waals surface area contributed by atoms with Crippen LogP contribution in [0.3, 0.4) is 0 Å². The fraction of sp³-hybridized carbons (Fsp3) is 0.643. The van der Waals surface area contributed by atoms with Crippen molar-refractivity contribution in [1.29, 1.82) is 0 Å². The number of aromatic nitrogens is 2. The van der Waals surface area contributed by atoms with Crippen LogP contribution in [0.4, 0.5) is 0 Å². The summed E-state index contributed by atoms with van der Waals surface area (Å²) in [6.07, 6.45) is 1.82. The van der Waals surface area contributed by atoms with Gasteiger partial charge in [0.05, 0.1) is 0 Å². The topological polar surface area (TPSA) is 98.1 Å². The predicted octanol–water partition coefficient (Wildman–Crippen LogP) is 0.304. The summed E-state index contributed by atoms with van der Waals surface area (Å²) in [6.45, 7) is 9.19. The van der Waals surface area contributed by atoms with Crippen LogP contribution in [-0.4, -0.2) is 46.5 Å². The van der Waals surface area contributed by atoms with Crippen molar-refractivity contribution in [2.75, 3.05) is 19.6 Å². The maximum atomic E-state index is 11.9. The van der Waals surface area contributed by atoms with Crippen LogP contribution in [0, 0.1) is 0 Å². The highest BCUT2D eigenvalue weighted by molar-refractivity contribution is 5.92. The van der Waals surface area contributed by atoms with Gasteiger partial charge in [-0.15, -0.1) is 0 Å². The average molecular weight is 296 g/mol. The molecule has 0 aliphatic carbocycles. The lowest BCUT2D eigenvalue weighted by Crippen LogP contribution is -2.36. The lowest BCUT2D eigenvalue weighted by atomic mass is 10.1. The number of rotatable bonds is 8. The average Bonchev–Trinajstić information content (AvgIpc) is 2.42. The van der Waals surface area contributed by atoms with Crippen molar-refractivity contribution >= 4 is 5.91 Å². The van der Waals surface area contributed by atoms with E-state index in [1.165, 1.54) is 0 Å². The zero-order chi connectivity index (χ0) is 15.8. The first-order valence-electron chi connectivity index (χ1n) is 7.33. The minimum absolute atomic E-state index is 0.0145. The van der Waals surface area contributed by atoms with Gasteiger partial charge in [0.15, 0.2) is 0 Å². The Morgan fingerprint density at radius 3 is 2.52 bits per heavy atom. The number of carbonyl (C=O) groups is 1. The predicted molar refractivity (Wildman–Crippen MR) is 81.6 cm³/mol. The molecule has 1 atom stereocenters. The first-order chi connectivity index (χ1) is 9.96. The number of nitrogens with one attached hydrogen (secondary N) is 3. The van der Waals surface area contributed by atoms with Gasteiger partial charge in [-0.2, -0.15) is 0 Å². The molecule has 0 fully saturated rings. The summed E-state index contributed by atoms with van der Waals surface area (Å²) in [5.74, 6) is -0.437. The van der Waals surface area contributed by atoms with E-state index in [2.05, 4.69) is 29.0 Å². The first-order valence-corrected chi connectivity index (χ1v) is 7.33. The molecule has 1 unspecified atom stereocenters. The maximum Gasteiger partial charge on any atom is 0.326 e. The molecule has 3 N–H and O–H groups in total. The highest BCUT2D eigenvalue weighted by atomic mass is 16.2. The summed E-state index contributed by atoms with van der Waals surface area (Å²) in [5.41, 5.74) is -1.28. The smallest absolute Gasteiger partial charge is 0.326 e. The summed E-state index contributed by atoms with van der Waals surface area (Å²) >= 11 is 0. The molecule has 21 heavy (non-hydrogen) atoms. The van der Waals surface area contributed by atoms with E-state index in [4.69, 9.17) is 0 Å². The normalized spacial score (nSPS) is 12.4. The monoisotopic (exact) mass is 296 g/mol. The third-order valence-electron chi connectivity index (χ3n) is 3.39. The second-order valence-corrected chi connectivity index (χ2v) is 5.05. The van der Waals surface area contributed by atoms with Gasteiger partial charge in [0, 0.05) is 12.1 Å². The fourth-order valence-electron chi connectivity index (χ4n) is 2.13. The van der Waals surface area contributed by atoms with Gasteiger partial charge in [-0.25, -0.2) is 4.79 Å². The molecule has 1 amide bonds. The van der Waals surface area contributed by atoms with E-state index < -0.39 is 17.2 Å². The lowest BCUT2D eigenvalue weighted by molar-refractivity contribution is 0.0931. The van der Waals surface area contributed by atoms with Crippen LogP contribution < -0.4 is 16.6 Å². The molecule has 0 radical (unpaired) electrons. The van der Waals surface area contributed by atoms with E-state index in [1.54, 1.807) is 0 Å². The molecule has 1 heterocycles. The minimum atomic E-state index is -0.679. The summed E-state index contributed by atoms with van der Waals surface area (Å²) in [4.78, 5) is 40.9. The van der Waals surface area contributed by atoms with Crippen molar-refractivity contribution in [2.24, 2.45) is 0 Å². The molecule has 0 aliphatic rings.